The number of benzene rings is 2. The minimum Gasteiger partial charge on any atom is -0.456 e. The molecule has 5 aromatic rings. The number of aromatic nitrogens is 3. The molecule has 0 saturated carbocycles. The van der Waals surface area contributed by atoms with Crippen LogP contribution in [-0.4, -0.2) is 47.4 Å². The average Bonchev–Trinajstić information content (AvgIpc) is 3.47. The number of anilines is 2. The number of fused-ring (bicyclic) bond motifs is 2. The van der Waals surface area contributed by atoms with Gasteiger partial charge in [0.25, 0.3) is 0 Å². The third kappa shape index (κ3) is 6.01. The van der Waals surface area contributed by atoms with Gasteiger partial charge in [0.15, 0.2) is 15.7 Å². The molecule has 0 saturated heterocycles. The van der Waals surface area contributed by atoms with E-state index in [-0.39, 0.29) is 6.54 Å². The van der Waals surface area contributed by atoms with Gasteiger partial charge in [-0.2, -0.15) is 0 Å². The Hall–Kier alpha value is -3.67. The first kappa shape index (κ1) is 25.0. The van der Waals surface area contributed by atoms with E-state index in [4.69, 9.17) is 16.3 Å². The number of ether oxygens (including phenoxy) is 1. The summed E-state index contributed by atoms with van der Waals surface area (Å²) in [5, 5.41) is 9.54. The normalized spacial score (nSPS) is 11.6. The summed E-state index contributed by atoms with van der Waals surface area (Å²) < 4.78 is 31.6. The lowest BCUT2D eigenvalue weighted by Crippen LogP contribution is -2.32. The van der Waals surface area contributed by atoms with Crippen molar-refractivity contribution < 1.29 is 17.9 Å². The largest absolute Gasteiger partial charge is 0.456 e. The fourth-order valence-electron chi connectivity index (χ4n) is 3.84. The standard InChI is InChI=1S/C25H22ClN5O4S2/c1-37(33,34)14-23(32)27-8-10-31-9-6-20-24(31)25(29-15-28-20)30-17-3-5-21(19(26)12-17)35-18-4-2-16-7-11-36-22(16)13-18/h2-7,9,11-13,15H,8,10,14H2,1H3,(H,27,32)(H,28,29,30). The zero-order chi connectivity index (χ0) is 26.0. The van der Waals surface area contributed by atoms with Crippen molar-refractivity contribution in [3.05, 3.63) is 71.5 Å². The highest BCUT2D eigenvalue weighted by molar-refractivity contribution is 7.91. The predicted molar refractivity (Wildman–Crippen MR) is 147 cm³/mol. The van der Waals surface area contributed by atoms with Gasteiger partial charge in [-0.3, -0.25) is 4.79 Å². The van der Waals surface area contributed by atoms with Crippen LogP contribution in [0.2, 0.25) is 5.02 Å². The van der Waals surface area contributed by atoms with Crippen LogP contribution in [0.4, 0.5) is 11.5 Å². The first-order valence-electron chi connectivity index (χ1n) is 11.2. The number of halogens is 1. The number of carbonyl (C=O) groups is 1. The van der Waals surface area contributed by atoms with Crippen LogP contribution in [0.15, 0.2) is 66.4 Å². The van der Waals surface area contributed by atoms with Gasteiger partial charge >= 0.3 is 0 Å². The zero-order valence-corrected chi connectivity index (χ0v) is 22.0. The van der Waals surface area contributed by atoms with Crippen LogP contribution in [0.25, 0.3) is 21.1 Å². The molecule has 0 unspecified atom stereocenters. The first-order chi connectivity index (χ1) is 17.7. The van der Waals surface area contributed by atoms with Crippen molar-refractivity contribution in [2.75, 3.05) is 23.9 Å². The number of thiophene rings is 1. The van der Waals surface area contributed by atoms with E-state index in [1.165, 1.54) is 11.7 Å². The van der Waals surface area contributed by atoms with E-state index in [2.05, 4.69) is 26.7 Å². The number of sulfone groups is 1. The molecule has 5 rings (SSSR count). The van der Waals surface area contributed by atoms with E-state index < -0.39 is 21.5 Å². The van der Waals surface area contributed by atoms with Crippen molar-refractivity contribution in [2.45, 2.75) is 6.54 Å². The van der Waals surface area contributed by atoms with E-state index >= 15 is 0 Å². The van der Waals surface area contributed by atoms with E-state index in [0.29, 0.717) is 34.6 Å². The van der Waals surface area contributed by atoms with Gasteiger partial charge in [-0.25, -0.2) is 18.4 Å². The summed E-state index contributed by atoms with van der Waals surface area (Å²) in [7, 11) is -3.38. The molecule has 0 radical (unpaired) electrons. The predicted octanol–water partition coefficient (Wildman–Crippen LogP) is 5.00. The molecule has 3 heterocycles. The number of hydrogen-bond acceptors (Lipinski definition) is 8. The lowest BCUT2D eigenvalue weighted by molar-refractivity contribution is -0.118. The van der Waals surface area contributed by atoms with Gasteiger partial charge in [0.05, 0.1) is 10.5 Å². The summed E-state index contributed by atoms with van der Waals surface area (Å²) in [5.41, 5.74) is 2.16. The monoisotopic (exact) mass is 555 g/mol. The van der Waals surface area contributed by atoms with Crippen molar-refractivity contribution in [3.63, 3.8) is 0 Å². The Morgan fingerprint density at radius 3 is 2.81 bits per heavy atom. The molecule has 0 aliphatic carbocycles. The SMILES string of the molecule is CS(=O)(=O)CC(=O)NCCn1ccc2ncnc(Nc3ccc(Oc4ccc5ccsc5c4)c(Cl)c3)c21. The quantitative estimate of drug-likeness (QED) is 0.263. The Bertz CT molecular complexity index is 1710. The summed E-state index contributed by atoms with van der Waals surface area (Å²) in [4.78, 5) is 20.5. The van der Waals surface area contributed by atoms with Gasteiger partial charge in [-0.15, -0.1) is 11.3 Å². The second kappa shape index (κ2) is 10.4. The Morgan fingerprint density at radius 2 is 2.00 bits per heavy atom. The van der Waals surface area contributed by atoms with Crippen LogP contribution in [0.1, 0.15) is 0 Å². The maximum Gasteiger partial charge on any atom is 0.235 e. The summed E-state index contributed by atoms with van der Waals surface area (Å²) in [5.74, 6) is 0.713. The van der Waals surface area contributed by atoms with E-state index in [9.17, 15) is 13.2 Å². The Balaban J connectivity index is 1.30. The minimum absolute atomic E-state index is 0.252. The van der Waals surface area contributed by atoms with Crippen LogP contribution < -0.4 is 15.4 Å². The van der Waals surface area contributed by atoms with Gasteiger partial charge in [0.2, 0.25) is 5.91 Å². The lowest BCUT2D eigenvalue weighted by Gasteiger charge is -2.13. The molecule has 37 heavy (non-hydrogen) atoms. The van der Waals surface area contributed by atoms with Gasteiger partial charge in [-0.1, -0.05) is 11.6 Å². The Kier molecular flexibility index (Phi) is 7.00. The lowest BCUT2D eigenvalue weighted by atomic mass is 10.2. The second-order valence-electron chi connectivity index (χ2n) is 8.38. The topological polar surface area (TPSA) is 115 Å². The van der Waals surface area contributed by atoms with Crippen LogP contribution in [-0.2, 0) is 21.2 Å². The molecule has 3 aromatic heterocycles. The van der Waals surface area contributed by atoms with Crippen LogP contribution in [0.3, 0.4) is 0 Å². The highest BCUT2D eigenvalue weighted by Crippen LogP contribution is 2.35. The third-order valence-corrected chi connectivity index (χ3v) is 7.43. The van der Waals surface area contributed by atoms with Gasteiger partial charge in [0.1, 0.15) is 29.1 Å². The first-order valence-corrected chi connectivity index (χ1v) is 14.5. The third-order valence-electron chi connectivity index (χ3n) is 5.47. The van der Waals surface area contributed by atoms with Crippen molar-refractivity contribution >= 4 is 71.3 Å². The molecule has 1 amide bonds. The molecule has 9 nitrogen and oxygen atoms in total. The van der Waals surface area contributed by atoms with Crippen molar-refractivity contribution in [3.8, 4) is 11.5 Å². The molecular formula is C25H22ClN5O4S2. The van der Waals surface area contributed by atoms with E-state index in [1.807, 2.05) is 46.5 Å². The maximum atomic E-state index is 11.8. The summed E-state index contributed by atoms with van der Waals surface area (Å²) >= 11 is 8.18. The molecule has 0 aliphatic rings. The number of rotatable bonds is 9. The van der Waals surface area contributed by atoms with Crippen LogP contribution in [0, 0.1) is 0 Å². The van der Waals surface area contributed by atoms with E-state index in [1.54, 1.807) is 23.5 Å². The van der Waals surface area contributed by atoms with E-state index in [0.717, 1.165) is 22.0 Å². The highest BCUT2D eigenvalue weighted by Gasteiger charge is 2.13. The van der Waals surface area contributed by atoms with Crippen molar-refractivity contribution in [2.24, 2.45) is 0 Å². The van der Waals surface area contributed by atoms with Crippen molar-refractivity contribution in [1.82, 2.24) is 19.9 Å². The Morgan fingerprint density at radius 1 is 1.14 bits per heavy atom. The second-order valence-corrected chi connectivity index (χ2v) is 11.9. The molecular weight excluding hydrogens is 534 g/mol. The molecule has 0 spiro atoms. The Labute approximate surface area is 222 Å². The molecule has 0 fully saturated rings. The number of nitrogens with zero attached hydrogens (tertiary/aromatic N) is 3. The molecule has 12 heteroatoms. The fourth-order valence-corrected chi connectivity index (χ4v) is 5.45. The maximum absolute atomic E-state index is 11.8. The molecule has 0 aliphatic heterocycles. The smallest absolute Gasteiger partial charge is 0.235 e. The summed E-state index contributed by atoms with van der Waals surface area (Å²) in [6.45, 7) is 0.658. The van der Waals surface area contributed by atoms with Gasteiger partial charge in [-0.05, 0) is 59.3 Å². The number of nitrogens with one attached hydrogen (secondary N) is 2. The molecule has 2 N–H and O–H groups in total. The highest BCUT2D eigenvalue weighted by atomic mass is 35.5. The van der Waals surface area contributed by atoms with Crippen LogP contribution >= 0.6 is 22.9 Å². The fraction of sp³-hybridized carbons (Fsp3) is 0.160. The molecule has 0 bridgehead atoms. The average molecular weight is 556 g/mol. The summed E-state index contributed by atoms with van der Waals surface area (Å²) in [6, 6.07) is 15.2. The molecule has 190 valence electrons. The number of amides is 1. The van der Waals surface area contributed by atoms with Crippen LogP contribution in [0.5, 0.6) is 11.5 Å². The van der Waals surface area contributed by atoms with Gasteiger partial charge in [0, 0.05) is 35.9 Å². The van der Waals surface area contributed by atoms with Crippen molar-refractivity contribution in [1.29, 1.82) is 0 Å². The molecule has 0 atom stereocenters. The number of hydrogen-bond donors (Lipinski definition) is 2. The molecule has 2 aromatic carbocycles. The number of carbonyl (C=O) groups excluding carboxylic acids is 1. The van der Waals surface area contributed by atoms with Gasteiger partial charge < -0.3 is 19.9 Å². The minimum atomic E-state index is -3.38. The summed E-state index contributed by atoms with van der Waals surface area (Å²) in [6.07, 6.45) is 4.32. The zero-order valence-electron chi connectivity index (χ0n) is 19.6.